The van der Waals surface area contributed by atoms with Gasteiger partial charge in [-0.15, -0.1) is 0 Å². The van der Waals surface area contributed by atoms with Gasteiger partial charge < -0.3 is 10.4 Å². The minimum Gasteiger partial charge on any atom is -0.387 e. The van der Waals surface area contributed by atoms with E-state index in [1.165, 1.54) is 0 Å². The zero-order valence-corrected chi connectivity index (χ0v) is 12.4. The molecular formula is C14H25N3O2. The maximum atomic E-state index is 11.9. The van der Waals surface area contributed by atoms with Gasteiger partial charge in [0.2, 0.25) is 5.91 Å². The number of amides is 1. The molecule has 0 radical (unpaired) electrons. The van der Waals surface area contributed by atoms with Crippen molar-refractivity contribution in [2.45, 2.75) is 51.7 Å². The van der Waals surface area contributed by atoms with Crippen molar-refractivity contribution < 1.29 is 9.90 Å². The van der Waals surface area contributed by atoms with Gasteiger partial charge in [-0.1, -0.05) is 27.2 Å². The van der Waals surface area contributed by atoms with Crippen LogP contribution in [0.1, 0.15) is 40.5 Å². The van der Waals surface area contributed by atoms with Crippen LogP contribution < -0.4 is 5.32 Å². The Labute approximate surface area is 115 Å². The summed E-state index contributed by atoms with van der Waals surface area (Å²) in [6.07, 6.45) is 1.71. The molecule has 1 amide bonds. The normalized spacial score (nSPS) is 21.3. The highest BCUT2D eigenvalue weighted by molar-refractivity contribution is 5.79. The van der Waals surface area contributed by atoms with Crippen molar-refractivity contribution in [1.82, 2.24) is 10.2 Å². The van der Waals surface area contributed by atoms with Crippen molar-refractivity contribution >= 4 is 5.91 Å². The van der Waals surface area contributed by atoms with Crippen LogP contribution in [0.15, 0.2) is 0 Å². The SMILES string of the molecule is CCCC1(O)CN(CC(=O)NC(C)(C#N)C(C)C)C1. The van der Waals surface area contributed by atoms with Crippen molar-refractivity contribution in [2.75, 3.05) is 19.6 Å². The third-order valence-electron chi connectivity index (χ3n) is 3.90. The van der Waals surface area contributed by atoms with Gasteiger partial charge in [-0.05, 0) is 19.3 Å². The van der Waals surface area contributed by atoms with Gasteiger partial charge in [-0.2, -0.15) is 5.26 Å². The number of hydrogen-bond acceptors (Lipinski definition) is 4. The molecule has 5 heteroatoms. The van der Waals surface area contributed by atoms with Crippen LogP contribution in [0.4, 0.5) is 0 Å². The van der Waals surface area contributed by atoms with Gasteiger partial charge in [0.05, 0.1) is 18.2 Å². The zero-order chi connectivity index (χ0) is 14.7. The number of rotatable bonds is 6. The summed E-state index contributed by atoms with van der Waals surface area (Å²) in [4.78, 5) is 13.8. The predicted molar refractivity (Wildman–Crippen MR) is 73.3 cm³/mol. The van der Waals surface area contributed by atoms with E-state index in [2.05, 4.69) is 11.4 Å². The number of nitriles is 1. The third kappa shape index (κ3) is 3.92. The van der Waals surface area contributed by atoms with Gasteiger partial charge >= 0.3 is 0 Å². The van der Waals surface area contributed by atoms with Crippen molar-refractivity contribution in [3.8, 4) is 6.07 Å². The molecule has 0 aromatic carbocycles. The molecule has 19 heavy (non-hydrogen) atoms. The summed E-state index contributed by atoms with van der Waals surface area (Å²) in [6, 6.07) is 2.15. The topological polar surface area (TPSA) is 76.4 Å². The molecule has 1 fully saturated rings. The number of carbonyl (C=O) groups excluding carboxylic acids is 1. The van der Waals surface area contributed by atoms with Crippen molar-refractivity contribution in [3.05, 3.63) is 0 Å². The smallest absolute Gasteiger partial charge is 0.235 e. The van der Waals surface area contributed by atoms with Crippen LogP contribution in [-0.2, 0) is 4.79 Å². The average Bonchev–Trinajstić information content (AvgIpc) is 2.26. The second-order valence-electron chi connectivity index (χ2n) is 6.14. The monoisotopic (exact) mass is 267 g/mol. The van der Waals surface area contributed by atoms with Crippen LogP contribution in [0, 0.1) is 17.2 Å². The molecule has 1 heterocycles. The Morgan fingerprint density at radius 2 is 2.16 bits per heavy atom. The molecule has 108 valence electrons. The first-order valence-corrected chi connectivity index (χ1v) is 6.91. The fraction of sp³-hybridized carbons (Fsp3) is 0.857. The molecule has 1 aliphatic heterocycles. The van der Waals surface area contributed by atoms with Gasteiger partial charge in [0.1, 0.15) is 5.54 Å². The summed E-state index contributed by atoms with van der Waals surface area (Å²) in [5.74, 6) is -0.105. The largest absolute Gasteiger partial charge is 0.387 e. The lowest BCUT2D eigenvalue weighted by Gasteiger charge is -2.46. The van der Waals surface area contributed by atoms with Crippen LogP contribution in [-0.4, -0.2) is 46.7 Å². The van der Waals surface area contributed by atoms with Gasteiger partial charge in [0.25, 0.3) is 0 Å². The van der Waals surface area contributed by atoms with Crippen LogP contribution in [0.3, 0.4) is 0 Å². The highest BCUT2D eigenvalue weighted by Gasteiger charge is 2.41. The Hall–Kier alpha value is -1.12. The molecule has 2 N–H and O–H groups in total. The molecule has 1 rings (SSSR count). The van der Waals surface area contributed by atoms with Crippen molar-refractivity contribution in [1.29, 1.82) is 5.26 Å². The Bertz CT molecular complexity index is 369. The molecule has 0 bridgehead atoms. The lowest BCUT2D eigenvalue weighted by molar-refractivity contribution is -0.135. The fourth-order valence-corrected chi connectivity index (χ4v) is 2.36. The number of nitrogens with zero attached hydrogens (tertiary/aromatic N) is 2. The lowest BCUT2D eigenvalue weighted by Crippen LogP contribution is -2.64. The first-order chi connectivity index (χ1) is 8.74. The van der Waals surface area contributed by atoms with E-state index in [0.717, 1.165) is 12.8 Å². The van der Waals surface area contributed by atoms with Crippen LogP contribution in [0.2, 0.25) is 0 Å². The van der Waals surface area contributed by atoms with Crippen LogP contribution in [0.5, 0.6) is 0 Å². The zero-order valence-electron chi connectivity index (χ0n) is 12.4. The van der Waals surface area contributed by atoms with E-state index in [4.69, 9.17) is 5.26 Å². The lowest BCUT2D eigenvalue weighted by atomic mass is 9.88. The predicted octanol–water partition coefficient (Wildman–Crippen LogP) is 0.888. The number of aliphatic hydroxyl groups is 1. The highest BCUT2D eigenvalue weighted by atomic mass is 16.3. The number of hydrogen-bond donors (Lipinski definition) is 2. The Morgan fingerprint density at radius 3 is 2.58 bits per heavy atom. The molecule has 1 saturated heterocycles. The molecule has 0 aromatic rings. The van der Waals surface area contributed by atoms with Crippen molar-refractivity contribution in [2.24, 2.45) is 5.92 Å². The van der Waals surface area contributed by atoms with E-state index in [1.807, 2.05) is 25.7 Å². The van der Waals surface area contributed by atoms with E-state index in [0.29, 0.717) is 13.1 Å². The molecule has 0 aliphatic carbocycles. The van der Waals surface area contributed by atoms with Gasteiger partial charge in [0.15, 0.2) is 0 Å². The number of β-amino-alcohol motifs (C(OH)–C–C–N with tert-alkyl or cyclic N) is 1. The number of nitrogens with one attached hydrogen (secondary N) is 1. The molecule has 5 nitrogen and oxygen atoms in total. The quantitative estimate of drug-likeness (QED) is 0.749. The second kappa shape index (κ2) is 5.89. The van der Waals surface area contributed by atoms with E-state index in [9.17, 15) is 9.90 Å². The Kier molecular flexibility index (Phi) is 4.94. The molecule has 0 saturated carbocycles. The molecule has 1 aliphatic rings. The summed E-state index contributed by atoms with van der Waals surface area (Å²) in [5.41, 5.74) is -1.45. The average molecular weight is 267 g/mol. The maximum Gasteiger partial charge on any atom is 0.235 e. The van der Waals surface area contributed by atoms with Crippen LogP contribution in [0.25, 0.3) is 0 Å². The van der Waals surface area contributed by atoms with Gasteiger partial charge in [-0.25, -0.2) is 0 Å². The third-order valence-corrected chi connectivity index (χ3v) is 3.90. The van der Waals surface area contributed by atoms with Gasteiger partial charge in [0, 0.05) is 13.1 Å². The maximum absolute atomic E-state index is 11.9. The highest BCUT2D eigenvalue weighted by Crippen LogP contribution is 2.25. The number of carbonyl (C=O) groups is 1. The summed E-state index contributed by atoms with van der Waals surface area (Å²) in [5, 5.41) is 22.0. The standard InChI is InChI=1S/C14H25N3O2/c1-5-6-14(19)9-17(10-14)7-12(18)16-13(4,8-15)11(2)3/h11,19H,5-7,9-10H2,1-4H3,(H,16,18). The summed E-state index contributed by atoms with van der Waals surface area (Å²) in [6.45, 7) is 8.92. The van der Waals surface area contributed by atoms with Crippen molar-refractivity contribution in [3.63, 3.8) is 0 Å². The molecule has 1 atom stereocenters. The van der Waals surface area contributed by atoms with E-state index >= 15 is 0 Å². The first kappa shape index (κ1) is 15.9. The van der Waals surface area contributed by atoms with Crippen LogP contribution >= 0.6 is 0 Å². The second-order valence-corrected chi connectivity index (χ2v) is 6.14. The fourth-order valence-electron chi connectivity index (χ4n) is 2.36. The van der Waals surface area contributed by atoms with Gasteiger partial charge in [-0.3, -0.25) is 9.69 Å². The Morgan fingerprint density at radius 1 is 1.58 bits per heavy atom. The summed E-state index contributed by atoms with van der Waals surface area (Å²) >= 11 is 0. The molecule has 0 spiro atoms. The summed E-state index contributed by atoms with van der Waals surface area (Å²) in [7, 11) is 0. The molecule has 0 aromatic heterocycles. The minimum absolute atomic E-state index is 0.0508. The molecular weight excluding hydrogens is 242 g/mol. The Balaban J connectivity index is 2.41. The minimum atomic E-state index is -0.832. The van der Waals surface area contributed by atoms with E-state index in [-0.39, 0.29) is 18.4 Å². The number of likely N-dealkylation sites (tertiary alicyclic amines) is 1. The van der Waals surface area contributed by atoms with E-state index < -0.39 is 11.1 Å². The molecule has 1 unspecified atom stereocenters. The summed E-state index contributed by atoms with van der Waals surface area (Å²) < 4.78 is 0. The first-order valence-electron chi connectivity index (χ1n) is 6.91. The van der Waals surface area contributed by atoms with E-state index in [1.54, 1.807) is 6.92 Å².